The highest BCUT2D eigenvalue weighted by atomic mass is 28.4. The summed E-state index contributed by atoms with van der Waals surface area (Å²) in [4.78, 5) is 13.9. The lowest BCUT2D eigenvalue weighted by molar-refractivity contribution is -0.133. The molecule has 0 saturated heterocycles. The molecule has 6 atom stereocenters. The molecule has 9 heteroatoms. The van der Waals surface area contributed by atoms with Gasteiger partial charge in [-0.25, -0.2) is 0 Å². The van der Waals surface area contributed by atoms with Gasteiger partial charge >= 0.3 is 0 Å². The lowest BCUT2D eigenvalue weighted by Gasteiger charge is -2.45. The zero-order valence-corrected chi connectivity index (χ0v) is 46.3. The first-order chi connectivity index (χ1) is 26.0. The Morgan fingerprint density at radius 3 is 1.74 bits per heavy atom. The van der Waals surface area contributed by atoms with Crippen molar-refractivity contribution in [2.45, 2.75) is 259 Å². The predicted molar refractivity (Wildman–Crippen MR) is 261 cm³/mol. The molecule has 3 aliphatic rings. The van der Waals surface area contributed by atoms with E-state index < -0.39 is 38.9 Å². The second kappa shape index (κ2) is 18.9. The Labute approximate surface area is 364 Å². The Kier molecular flexibility index (Phi) is 17.0. The van der Waals surface area contributed by atoms with Crippen LogP contribution in [0.1, 0.15) is 160 Å². The monoisotopic (exact) mass is 877 g/mol. The van der Waals surface area contributed by atoms with Gasteiger partial charge in [0.05, 0.1) is 17.8 Å². The van der Waals surface area contributed by atoms with E-state index in [1.165, 1.54) is 44.1 Å². The van der Waals surface area contributed by atoms with Crippen molar-refractivity contribution in [2.24, 2.45) is 23.2 Å². The minimum absolute atomic E-state index is 0.114. The van der Waals surface area contributed by atoms with E-state index in [0.29, 0.717) is 24.2 Å². The SMILES string of the molecule is CC(C)(CCC[C@@H](CCC(=O)C(C)(C)O[Si](C)(C)C)[C@H]1CC[C@H]2C(=CC=C3C[C@@H](O[Si](C)(C)C(C)(C)C)C[C@H](O[Si](C)(C)C(C)(C)C)C3)CCC[C@]12C)O[Si](C)(C)C. The van der Waals surface area contributed by atoms with Gasteiger partial charge in [-0.1, -0.05) is 84.6 Å². The van der Waals surface area contributed by atoms with Crippen LogP contribution in [0.2, 0.25) is 75.5 Å². The highest BCUT2D eigenvalue weighted by Gasteiger charge is 2.52. The topological polar surface area (TPSA) is 54.0 Å². The summed E-state index contributed by atoms with van der Waals surface area (Å²) in [5.74, 6) is 2.05. The van der Waals surface area contributed by atoms with E-state index in [9.17, 15) is 4.79 Å². The van der Waals surface area contributed by atoms with Crippen molar-refractivity contribution in [3.8, 4) is 0 Å². The standard InChI is InChI=1S/C49H96O5Si4/c1-45(2,3)57(18,19)51-40-34-37(35-41(36-40)52-58(20,21)46(4,5)6)26-27-38-25-23-33-49(11)42(38)29-30-43(49)39(24-22-32-47(7,8)53-55(12,13)14)28-31-44(50)48(9,10)54-56(15,16)17/h26-27,39-43H,22-25,28-36H2,1-21H3/t39-,40+,41+,42-,43+,49-/m0/s1. The zero-order chi connectivity index (χ0) is 44.6. The zero-order valence-electron chi connectivity index (χ0n) is 42.3. The summed E-state index contributed by atoms with van der Waals surface area (Å²) in [6.45, 7) is 48.5. The molecule has 3 saturated carbocycles. The van der Waals surface area contributed by atoms with Crippen LogP contribution >= 0.6 is 0 Å². The Hall–Kier alpha value is -0.142. The summed E-state index contributed by atoms with van der Waals surface area (Å²) in [6, 6.07) is 0. The first kappa shape index (κ1) is 52.2. The van der Waals surface area contributed by atoms with Crippen molar-refractivity contribution in [3.63, 3.8) is 0 Å². The molecule has 58 heavy (non-hydrogen) atoms. The van der Waals surface area contributed by atoms with Crippen LogP contribution in [-0.2, 0) is 22.5 Å². The van der Waals surface area contributed by atoms with E-state index >= 15 is 0 Å². The van der Waals surface area contributed by atoms with Gasteiger partial charge in [-0.2, -0.15) is 0 Å². The van der Waals surface area contributed by atoms with E-state index in [4.69, 9.17) is 17.7 Å². The maximum absolute atomic E-state index is 13.9. The van der Waals surface area contributed by atoms with E-state index in [2.05, 4.69) is 140 Å². The van der Waals surface area contributed by atoms with E-state index in [1.54, 1.807) is 5.57 Å². The predicted octanol–water partition coefficient (Wildman–Crippen LogP) is 15.4. The van der Waals surface area contributed by atoms with Crippen LogP contribution in [0.15, 0.2) is 23.3 Å². The minimum Gasteiger partial charge on any atom is -0.414 e. The number of allylic oxidation sites excluding steroid dienone is 3. The number of fused-ring (bicyclic) bond motifs is 1. The molecule has 0 spiro atoms. The van der Waals surface area contributed by atoms with Crippen LogP contribution in [0, 0.1) is 23.2 Å². The maximum Gasteiger partial charge on any atom is 0.192 e. The quantitative estimate of drug-likeness (QED) is 0.128. The van der Waals surface area contributed by atoms with E-state index in [0.717, 1.165) is 38.5 Å². The molecule has 0 heterocycles. The number of Topliss-reactive ketones (excluding diaryl/α,β-unsaturated/α-hetero) is 1. The summed E-state index contributed by atoms with van der Waals surface area (Å²) in [6.07, 6.45) is 19.8. The van der Waals surface area contributed by atoms with Gasteiger partial charge in [0.15, 0.2) is 39.1 Å². The van der Waals surface area contributed by atoms with Gasteiger partial charge in [-0.15, -0.1) is 0 Å². The molecule has 0 radical (unpaired) electrons. The van der Waals surface area contributed by atoms with Gasteiger partial charge in [0.1, 0.15) is 5.60 Å². The van der Waals surface area contributed by atoms with Crippen molar-refractivity contribution in [2.75, 3.05) is 0 Å². The lowest BCUT2D eigenvalue weighted by atomic mass is 9.60. The second-order valence-electron chi connectivity index (χ2n) is 25.6. The Balaban J connectivity index is 1.91. The highest BCUT2D eigenvalue weighted by Crippen LogP contribution is 2.60. The fourth-order valence-corrected chi connectivity index (χ4v) is 16.7. The minimum atomic E-state index is -1.93. The normalized spacial score (nSPS) is 27.2. The number of hydrogen-bond acceptors (Lipinski definition) is 5. The van der Waals surface area contributed by atoms with Gasteiger partial charge in [0.25, 0.3) is 0 Å². The highest BCUT2D eigenvalue weighted by molar-refractivity contribution is 6.74. The second-order valence-corrected chi connectivity index (χ2v) is 44.0. The first-order valence-electron chi connectivity index (χ1n) is 23.6. The van der Waals surface area contributed by atoms with Crippen LogP contribution in [0.3, 0.4) is 0 Å². The lowest BCUT2D eigenvalue weighted by Crippen LogP contribution is -2.48. The van der Waals surface area contributed by atoms with Crippen LogP contribution < -0.4 is 0 Å². The molecular weight excluding hydrogens is 781 g/mol. The summed E-state index contributed by atoms with van der Waals surface area (Å²) in [5, 5.41) is 0.359. The molecule has 0 amide bonds. The van der Waals surface area contributed by atoms with Gasteiger partial charge in [-0.05, 0) is 191 Å². The first-order valence-corrected chi connectivity index (χ1v) is 36.3. The molecule has 5 nitrogen and oxygen atoms in total. The maximum atomic E-state index is 13.9. The molecule has 3 rings (SSSR count). The van der Waals surface area contributed by atoms with Crippen LogP contribution in [0.5, 0.6) is 0 Å². The van der Waals surface area contributed by atoms with Gasteiger partial charge in [0.2, 0.25) is 0 Å². The molecule has 3 aliphatic carbocycles. The summed E-state index contributed by atoms with van der Waals surface area (Å²) in [5.41, 5.74) is 2.61. The molecule has 0 aliphatic heterocycles. The van der Waals surface area contributed by atoms with Crippen LogP contribution in [-0.4, -0.2) is 62.5 Å². The van der Waals surface area contributed by atoms with Crippen molar-refractivity contribution in [1.82, 2.24) is 0 Å². The average Bonchev–Trinajstić information content (AvgIpc) is 3.34. The third-order valence-corrected chi connectivity index (χ3v) is 26.4. The van der Waals surface area contributed by atoms with E-state index in [1.807, 2.05) is 13.8 Å². The third kappa shape index (κ3) is 14.7. The van der Waals surface area contributed by atoms with Gasteiger partial charge in [-0.3, -0.25) is 4.79 Å². The molecule has 0 unspecified atom stereocenters. The van der Waals surface area contributed by atoms with Gasteiger partial charge in [0, 0.05) is 6.42 Å². The average molecular weight is 878 g/mol. The molecule has 0 bridgehead atoms. The molecular formula is C49H96O5Si4. The van der Waals surface area contributed by atoms with Crippen molar-refractivity contribution >= 4 is 39.1 Å². The largest absolute Gasteiger partial charge is 0.414 e. The fraction of sp³-hybridized carbons (Fsp3) is 0.898. The summed E-state index contributed by atoms with van der Waals surface area (Å²) < 4.78 is 27.4. The number of ketones is 1. The molecule has 0 aromatic heterocycles. The molecule has 0 aromatic carbocycles. The third-order valence-electron chi connectivity index (χ3n) is 15.1. The number of carbonyl (C=O) groups is 1. The van der Waals surface area contributed by atoms with Crippen molar-refractivity contribution in [1.29, 1.82) is 0 Å². The Morgan fingerprint density at radius 2 is 1.26 bits per heavy atom. The number of rotatable bonds is 18. The van der Waals surface area contributed by atoms with E-state index in [-0.39, 0.29) is 39.1 Å². The smallest absolute Gasteiger partial charge is 0.192 e. The van der Waals surface area contributed by atoms with Crippen LogP contribution in [0.25, 0.3) is 0 Å². The molecule has 0 N–H and O–H groups in total. The molecule has 0 aromatic rings. The van der Waals surface area contributed by atoms with Gasteiger partial charge < -0.3 is 17.7 Å². The fourth-order valence-electron chi connectivity index (χ4n) is 10.6. The number of carbonyl (C=O) groups excluding carboxylic acids is 1. The summed E-state index contributed by atoms with van der Waals surface area (Å²) >= 11 is 0. The molecule has 338 valence electrons. The summed E-state index contributed by atoms with van der Waals surface area (Å²) in [7, 11) is -7.38. The van der Waals surface area contributed by atoms with Crippen molar-refractivity contribution in [3.05, 3.63) is 23.3 Å². The Morgan fingerprint density at radius 1 is 0.741 bits per heavy atom. The Bertz CT molecular complexity index is 1400. The number of hydrogen-bond donors (Lipinski definition) is 0. The molecule has 3 fully saturated rings. The van der Waals surface area contributed by atoms with Crippen molar-refractivity contribution < 1.29 is 22.5 Å². The van der Waals surface area contributed by atoms with Crippen LogP contribution in [0.4, 0.5) is 0 Å².